The van der Waals surface area contributed by atoms with Crippen molar-refractivity contribution in [1.29, 1.82) is 0 Å². The molecule has 1 heterocycles. The van der Waals surface area contributed by atoms with Crippen LogP contribution >= 0.6 is 0 Å². The minimum atomic E-state index is -4.72. The van der Waals surface area contributed by atoms with Gasteiger partial charge in [-0.1, -0.05) is 13.0 Å². The second-order valence-electron chi connectivity index (χ2n) is 4.63. The Morgan fingerprint density at radius 1 is 1.37 bits per heavy atom. The molecular formula is C13H13F4NO. The molecule has 19 heavy (non-hydrogen) atoms. The summed E-state index contributed by atoms with van der Waals surface area (Å²) in [6, 6.07) is 2.74. The van der Waals surface area contributed by atoms with Crippen LogP contribution in [0, 0.1) is 5.82 Å². The van der Waals surface area contributed by atoms with E-state index in [1.165, 1.54) is 6.07 Å². The number of carbonyl (C=O) groups excluding carboxylic acids is 1. The third-order valence-electron chi connectivity index (χ3n) is 3.40. The molecule has 0 aromatic heterocycles. The summed E-state index contributed by atoms with van der Waals surface area (Å²) in [4.78, 5) is 11.3. The maximum Gasteiger partial charge on any atom is 0.419 e. The van der Waals surface area contributed by atoms with E-state index in [1.807, 2.05) is 6.92 Å². The Balaban J connectivity index is 2.38. The topological polar surface area (TPSA) is 29.1 Å². The molecule has 104 valence electrons. The van der Waals surface area contributed by atoms with Crippen molar-refractivity contribution in [1.82, 2.24) is 5.32 Å². The van der Waals surface area contributed by atoms with E-state index >= 15 is 0 Å². The molecule has 1 saturated heterocycles. The molecule has 1 aromatic carbocycles. The quantitative estimate of drug-likeness (QED) is 0.825. The third-order valence-corrected chi connectivity index (χ3v) is 3.40. The lowest BCUT2D eigenvalue weighted by Gasteiger charge is -2.19. The predicted molar refractivity (Wildman–Crippen MR) is 61.0 cm³/mol. The van der Waals surface area contributed by atoms with Crippen molar-refractivity contribution >= 4 is 5.91 Å². The van der Waals surface area contributed by atoms with E-state index in [9.17, 15) is 22.4 Å². The van der Waals surface area contributed by atoms with Crippen LogP contribution < -0.4 is 5.32 Å². The van der Waals surface area contributed by atoms with Crippen LogP contribution in [0.15, 0.2) is 18.2 Å². The molecule has 1 N–H and O–H groups in total. The minimum Gasteiger partial charge on any atom is -0.353 e. The van der Waals surface area contributed by atoms with E-state index in [2.05, 4.69) is 5.32 Å². The first-order valence-electron chi connectivity index (χ1n) is 5.99. The Bertz CT molecular complexity index is 498. The number of alkyl halides is 3. The van der Waals surface area contributed by atoms with Gasteiger partial charge < -0.3 is 5.32 Å². The van der Waals surface area contributed by atoms with Crippen LogP contribution in [-0.2, 0) is 11.0 Å². The lowest BCUT2D eigenvalue weighted by Crippen LogP contribution is -2.27. The highest BCUT2D eigenvalue weighted by molar-refractivity contribution is 5.80. The molecule has 2 atom stereocenters. The Morgan fingerprint density at radius 3 is 2.63 bits per heavy atom. The number of benzene rings is 1. The van der Waals surface area contributed by atoms with Crippen LogP contribution in [0.2, 0.25) is 0 Å². The van der Waals surface area contributed by atoms with Gasteiger partial charge in [-0.25, -0.2) is 4.39 Å². The lowest BCUT2D eigenvalue weighted by molar-refractivity contribution is -0.140. The Hall–Kier alpha value is -1.59. The maximum absolute atomic E-state index is 13.2. The molecule has 1 aromatic rings. The van der Waals surface area contributed by atoms with Crippen molar-refractivity contribution in [3.05, 3.63) is 35.1 Å². The number of halogens is 4. The van der Waals surface area contributed by atoms with E-state index < -0.39 is 17.6 Å². The first-order chi connectivity index (χ1) is 8.82. The first-order valence-corrected chi connectivity index (χ1v) is 5.99. The van der Waals surface area contributed by atoms with Crippen molar-refractivity contribution in [2.24, 2.45) is 0 Å². The van der Waals surface area contributed by atoms with Crippen LogP contribution in [0.1, 0.15) is 36.8 Å². The number of hydrogen-bond acceptors (Lipinski definition) is 1. The summed E-state index contributed by atoms with van der Waals surface area (Å²) in [5.74, 6) is -1.81. The Kier molecular flexibility index (Phi) is 3.52. The van der Waals surface area contributed by atoms with Gasteiger partial charge in [-0.3, -0.25) is 4.79 Å². The van der Waals surface area contributed by atoms with Gasteiger partial charge in [-0.05, 0) is 24.1 Å². The van der Waals surface area contributed by atoms with E-state index in [0.29, 0.717) is 12.0 Å². The molecule has 0 spiro atoms. The fraction of sp³-hybridized carbons (Fsp3) is 0.462. The molecule has 1 amide bonds. The number of carbonyl (C=O) groups is 1. The number of rotatable bonds is 2. The van der Waals surface area contributed by atoms with E-state index in [4.69, 9.17) is 0 Å². The highest BCUT2D eigenvalue weighted by atomic mass is 19.4. The van der Waals surface area contributed by atoms with Crippen molar-refractivity contribution in [3.63, 3.8) is 0 Å². The molecule has 2 nitrogen and oxygen atoms in total. The van der Waals surface area contributed by atoms with Gasteiger partial charge >= 0.3 is 6.18 Å². The molecule has 1 fully saturated rings. The summed E-state index contributed by atoms with van der Waals surface area (Å²) in [5.41, 5.74) is -0.932. The zero-order valence-corrected chi connectivity index (χ0v) is 10.2. The molecular weight excluding hydrogens is 262 g/mol. The SMILES string of the molecule is CCC1NC(=O)CC1c1ccc(F)c(C(F)(F)F)c1. The molecule has 1 aliphatic rings. The van der Waals surface area contributed by atoms with Gasteiger partial charge in [0.1, 0.15) is 5.82 Å². The molecule has 0 bridgehead atoms. The summed E-state index contributed by atoms with van der Waals surface area (Å²) in [5, 5.41) is 2.71. The summed E-state index contributed by atoms with van der Waals surface area (Å²) >= 11 is 0. The van der Waals surface area contributed by atoms with Crippen LogP contribution in [0.3, 0.4) is 0 Å². The summed E-state index contributed by atoms with van der Waals surface area (Å²) in [6.45, 7) is 1.84. The lowest BCUT2D eigenvalue weighted by atomic mass is 9.89. The highest BCUT2D eigenvalue weighted by Gasteiger charge is 2.37. The zero-order valence-electron chi connectivity index (χ0n) is 10.2. The summed E-state index contributed by atoms with van der Waals surface area (Å²) in [6.07, 6.45) is -3.96. The summed E-state index contributed by atoms with van der Waals surface area (Å²) < 4.78 is 51.2. The third kappa shape index (κ3) is 2.72. The minimum absolute atomic E-state index is 0.140. The zero-order chi connectivity index (χ0) is 14.2. The van der Waals surface area contributed by atoms with Crippen LogP contribution in [0.4, 0.5) is 17.6 Å². The van der Waals surface area contributed by atoms with Crippen molar-refractivity contribution in [3.8, 4) is 0 Å². The van der Waals surface area contributed by atoms with E-state index in [1.54, 1.807) is 0 Å². The second-order valence-corrected chi connectivity index (χ2v) is 4.63. The molecule has 0 radical (unpaired) electrons. The second kappa shape index (κ2) is 4.83. The van der Waals surface area contributed by atoms with Gasteiger partial charge in [0.2, 0.25) is 5.91 Å². The monoisotopic (exact) mass is 275 g/mol. The number of amides is 1. The van der Waals surface area contributed by atoms with Gasteiger partial charge in [0, 0.05) is 18.4 Å². The van der Waals surface area contributed by atoms with Crippen molar-refractivity contribution < 1.29 is 22.4 Å². The first kappa shape index (κ1) is 13.8. The van der Waals surface area contributed by atoms with Gasteiger partial charge in [-0.2, -0.15) is 13.2 Å². The fourth-order valence-electron chi connectivity index (χ4n) is 2.44. The normalized spacial score (nSPS) is 23.5. The van der Waals surface area contributed by atoms with Gasteiger partial charge in [0.05, 0.1) is 5.56 Å². The highest BCUT2D eigenvalue weighted by Crippen LogP contribution is 2.36. The van der Waals surface area contributed by atoms with Gasteiger partial charge in [-0.15, -0.1) is 0 Å². The van der Waals surface area contributed by atoms with Gasteiger partial charge in [0.25, 0.3) is 0 Å². The number of hydrogen-bond donors (Lipinski definition) is 1. The average Bonchev–Trinajstić information content (AvgIpc) is 2.69. The predicted octanol–water partition coefficient (Wildman–Crippen LogP) is 3.23. The standard InChI is InChI=1S/C13H13F4NO/c1-2-11-8(6-12(19)18-11)7-3-4-10(14)9(5-7)13(15,16)17/h3-5,8,11H,2,6H2,1H3,(H,18,19). The molecule has 6 heteroatoms. The largest absolute Gasteiger partial charge is 0.419 e. The van der Waals surface area contributed by atoms with Gasteiger partial charge in [0.15, 0.2) is 0 Å². The number of nitrogens with one attached hydrogen (secondary N) is 1. The van der Waals surface area contributed by atoms with E-state index in [-0.39, 0.29) is 24.3 Å². The fourth-order valence-corrected chi connectivity index (χ4v) is 2.44. The average molecular weight is 275 g/mol. The molecule has 2 rings (SSSR count). The van der Waals surface area contributed by atoms with Crippen molar-refractivity contribution in [2.45, 2.75) is 37.9 Å². The van der Waals surface area contributed by atoms with E-state index in [0.717, 1.165) is 12.1 Å². The molecule has 1 aliphatic heterocycles. The Morgan fingerprint density at radius 2 is 2.05 bits per heavy atom. The molecule has 0 aliphatic carbocycles. The smallest absolute Gasteiger partial charge is 0.353 e. The van der Waals surface area contributed by atoms with Crippen LogP contribution in [0.5, 0.6) is 0 Å². The Labute approximate surface area is 107 Å². The molecule has 0 saturated carbocycles. The summed E-state index contributed by atoms with van der Waals surface area (Å²) in [7, 11) is 0. The maximum atomic E-state index is 13.2. The van der Waals surface area contributed by atoms with Crippen LogP contribution in [-0.4, -0.2) is 11.9 Å². The van der Waals surface area contributed by atoms with Crippen LogP contribution in [0.25, 0.3) is 0 Å². The molecule has 2 unspecified atom stereocenters. The van der Waals surface area contributed by atoms with Crippen molar-refractivity contribution in [2.75, 3.05) is 0 Å².